The van der Waals surface area contributed by atoms with Gasteiger partial charge in [0, 0.05) is 23.4 Å². The summed E-state index contributed by atoms with van der Waals surface area (Å²) in [7, 11) is 0. The first kappa shape index (κ1) is 19.7. The highest BCUT2D eigenvalue weighted by molar-refractivity contribution is 7.18. The summed E-state index contributed by atoms with van der Waals surface area (Å²) in [5.74, 6) is 0.314. The maximum Gasteiger partial charge on any atom is 0.262 e. The standard InChI is InChI=1S/C21H19N5O3S/c1-12-13(2)30-20-18(12)21(29)26(11-24-20)7-6-17(28)25-15-9-22-19(23-10-15)14-4-3-5-16(27)8-14/h3-5,8-11,27H,6-7H2,1-2H3,(H,25,28). The van der Waals surface area contributed by atoms with Crippen LogP contribution in [0.25, 0.3) is 21.6 Å². The lowest BCUT2D eigenvalue weighted by Crippen LogP contribution is -2.23. The number of hydrogen-bond donors (Lipinski definition) is 2. The summed E-state index contributed by atoms with van der Waals surface area (Å²) in [6.45, 7) is 4.10. The van der Waals surface area contributed by atoms with Crippen LogP contribution in [0.2, 0.25) is 0 Å². The fourth-order valence-corrected chi connectivity index (χ4v) is 4.05. The van der Waals surface area contributed by atoms with Crippen molar-refractivity contribution in [2.75, 3.05) is 5.32 Å². The van der Waals surface area contributed by atoms with Crippen LogP contribution in [0, 0.1) is 13.8 Å². The third kappa shape index (κ3) is 3.92. The normalized spacial score (nSPS) is 11.0. The number of phenolic OH excluding ortho intramolecular Hbond substituents is 1. The maximum absolute atomic E-state index is 12.7. The fourth-order valence-electron chi connectivity index (χ4n) is 3.06. The van der Waals surface area contributed by atoms with Gasteiger partial charge < -0.3 is 10.4 Å². The van der Waals surface area contributed by atoms with Crippen LogP contribution >= 0.6 is 11.3 Å². The molecule has 0 aliphatic rings. The van der Waals surface area contributed by atoms with Crippen molar-refractivity contribution in [2.45, 2.75) is 26.8 Å². The average molecular weight is 421 g/mol. The lowest BCUT2D eigenvalue weighted by molar-refractivity contribution is -0.116. The number of anilines is 1. The van der Waals surface area contributed by atoms with Gasteiger partial charge in [0.25, 0.3) is 5.56 Å². The van der Waals surface area contributed by atoms with Crippen LogP contribution < -0.4 is 10.9 Å². The van der Waals surface area contributed by atoms with Gasteiger partial charge in [0.2, 0.25) is 5.91 Å². The van der Waals surface area contributed by atoms with Gasteiger partial charge in [-0.2, -0.15) is 0 Å². The number of carbonyl (C=O) groups excluding carboxylic acids is 1. The number of nitrogens with one attached hydrogen (secondary N) is 1. The van der Waals surface area contributed by atoms with Gasteiger partial charge in [0.15, 0.2) is 5.82 Å². The number of benzene rings is 1. The monoisotopic (exact) mass is 421 g/mol. The Kier molecular flexibility index (Phi) is 5.28. The summed E-state index contributed by atoms with van der Waals surface area (Å²) in [5.41, 5.74) is 1.94. The topological polar surface area (TPSA) is 110 Å². The lowest BCUT2D eigenvalue weighted by Gasteiger charge is -2.07. The minimum atomic E-state index is -0.256. The molecular weight excluding hydrogens is 402 g/mol. The Balaban J connectivity index is 1.42. The SMILES string of the molecule is Cc1sc2ncn(CCC(=O)Nc3cnc(-c4cccc(O)c4)nc3)c(=O)c2c1C. The van der Waals surface area contributed by atoms with Crippen molar-refractivity contribution in [1.29, 1.82) is 0 Å². The second-order valence-corrected chi connectivity index (χ2v) is 8.05. The molecular formula is C21H19N5O3S. The van der Waals surface area contributed by atoms with Crippen molar-refractivity contribution in [3.05, 3.63) is 63.8 Å². The van der Waals surface area contributed by atoms with Gasteiger partial charge in [0.05, 0.1) is 29.8 Å². The van der Waals surface area contributed by atoms with Crippen LogP contribution in [0.3, 0.4) is 0 Å². The third-order valence-corrected chi connectivity index (χ3v) is 5.89. The average Bonchev–Trinajstić information content (AvgIpc) is 3.02. The summed E-state index contributed by atoms with van der Waals surface area (Å²) < 4.78 is 1.46. The highest BCUT2D eigenvalue weighted by Crippen LogP contribution is 2.25. The van der Waals surface area contributed by atoms with Crippen LogP contribution in [0.1, 0.15) is 16.9 Å². The zero-order valence-electron chi connectivity index (χ0n) is 16.4. The fraction of sp³-hybridized carbons (Fsp3) is 0.190. The molecule has 0 atom stereocenters. The van der Waals surface area contributed by atoms with Gasteiger partial charge in [-0.05, 0) is 31.5 Å². The molecule has 9 heteroatoms. The van der Waals surface area contributed by atoms with Crippen molar-refractivity contribution in [3.63, 3.8) is 0 Å². The Morgan fingerprint density at radius 3 is 2.70 bits per heavy atom. The predicted octanol–water partition coefficient (Wildman–Crippen LogP) is 3.27. The molecule has 30 heavy (non-hydrogen) atoms. The predicted molar refractivity (Wildman–Crippen MR) is 116 cm³/mol. The van der Waals surface area contributed by atoms with E-state index in [1.807, 2.05) is 13.8 Å². The van der Waals surface area contributed by atoms with Gasteiger partial charge in [-0.3, -0.25) is 14.2 Å². The molecule has 0 aliphatic heterocycles. The first-order chi connectivity index (χ1) is 14.4. The van der Waals surface area contributed by atoms with Crippen molar-refractivity contribution >= 4 is 33.1 Å². The van der Waals surface area contributed by atoms with E-state index >= 15 is 0 Å². The summed E-state index contributed by atoms with van der Waals surface area (Å²) in [4.78, 5) is 39.6. The zero-order chi connectivity index (χ0) is 21.3. The van der Waals surface area contributed by atoms with E-state index in [-0.39, 0.29) is 30.2 Å². The van der Waals surface area contributed by atoms with Gasteiger partial charge in [0.1, 0.15) is 10.6 Å². The Hall–Kier alpha value is -3.59. The van der Waals surface area contributed by atoms with E-state index in [4.69, 9.17) is 0 Å². The molecule has 0 saturated carbocycles. The van der Waals surface area contributed by atoms with E-state index in [1.54, 1.807) is 24.3 Å². The Morgan fingerprint density at radius 1 is 1.20 bits per heavy atom. The Labute approximate surface area is 175 Å². The highest BCUT2D eigenvalue weighted by Gasteiger charge is 2.13. The summed E-state index contributed by atoms with van der Waals surface area (Å²) >= 11 is 1.50. The molecule has 8 nitrogen and oxygen atoms in total. The molecule has 0 bridgehead atoms. The van der Waals surface area contributed by atoms with E-state index in [0.717, 1.165) is 15.3 Å². The number of carbonyl (C=O) groups is 1. The number of amides is 1. The molecule has 4 rings (SSSR count). The Morgan fingerprint density at radius 2 is 1.97 bits per heavy atom. The van der Waals surface area contributed by atoms with Crippen molar-refractivity contribution in [2.24, 2.45) is 0 Å². The number of nitrogens with zero attached hydrogens (tertiary/aromatic N) is 4. The minimum Gasteiger partial charge on any atom is -0.508 e. The van der Waals surface area contributed by atoms with Crippen LogP contribution in [0.5, 0.6) is 5.75 Å². The van der Waals surface area contributed by atoms with Crippen molar-refractivity contribution in [3.8, 4) is 17.1 Å². The molecule has 0 saturated heterocycles. The number of aromatic hydroxyl groups is 1. The van der Waals surface area contributed by atoms with Gasteiger partial charge in [-0.15, -0.1) is 11.3 Å². The molecule has 0 radical (unpaired) electrons. The number of rotatable bonds is 5. The first-order valence-electron chi connectivity index (χ1n) is 9.29. The molecule has 1 aromatic carbocycles. The lowest BCUT2D eigenvalue weighted by atomic mass is 10.2. The zero-order valence-corrected chi connectivity index (χ0v) is 17.2. The molecule has 2 N–H and O–H groups in total. The largest absolute Gasteiger partial charge is 0.508 e. The van der Waals surface area contributed by atoms with E-state index in [2.05, 4.69) is 20.3 Å². The van der Waals surface area contributed by atoms with Crippen molar-refractivity contribution < 1.29 is 9.90 Å². The second-order valence-electron chi connectivity index (χ2n) is 6.85. The van der Waals surface area contributed by atoms with Gasteiger partial charge in [-0.25, -0.2) is 15.0 Å². The van der Waals surface area contributed by atoms with E-state index in [0.29, 0.717) is 22.5 Å². The molecule has 0 fully saturated rings. The summed E-state index contributed by atoms with van der Waals surface area (Å²) in [5, 5.41) is 12.9. The van der Waals surface area contributed by atoms with Gasteiger partial charge in [-0.1, -0.05) is 12.1 Å². The molecule has 0 aliphatic carbocycles. The quantitative estimate of drug-likeness (QED) is 0.512. The molecule has 3 aromatic heterocycles. The molecule has 3 heterocycles. The van der Waals surface area contributed by atoms with Crippen LogP contribution in [-0.4, -0.2) is 30.5 Å². The van der Waals surface area contributed by atoms with Crippen LogP contribution in [0.15, 0.2) is 47.8 Å². The van der Waals surface area contributed by atoms with E-state index in [1.165, 1.54) is 34.6 Å². The number of hydrogen-bond acceptors (Lipinski definition) is 7. The number of thiophene rings is 1. The third-order valence-electron chi connectivity index (χ3n) is 4.78. The van der Waals surface area contributed by atoms with Gasteiger partial charge >= 0.3 is 0 Å². The molecule has 1 amide bonds. The highest BCUT2D eigenvalue weighted by atomic mass is 32.1. The Bertz CT molecular complexity index is 1290. The minimum absolute atomic E-state index is 0.115. The number of aromatic nitrogens is 4. The summed E-state index contributed by atoms with van der Waals surface area (Å²) in [6, 6.07) is 6.62. The summed E-state index contributed by atoms with van der Waals surface area (Å²) in [6.07, 6.45) is 4.60. The van der Waals surface area contributed by atoms with E-state index in [9.17, 15) is 14.7 Å². The molecule has 4 aromatic rings. The number of fused-ring (bicyclic) bond motifs is 1. The molecule has 0 spiro atoms. The first-order valence-corrected chi connectivity index (χ1v) is 10.1. The second kappa shape index (κ2) is 8.03. The van der Waals surface area contributed by atoms with Crippen LogP contribution in [-0.2, 0) is 11.3 Å². The van der Waals surface area contributed by atoms with E-state index < -0.39 is 0 Å². The molecule has 152 valence electrons. The smallest absolute Gasteiger partial charge is 0.262 e. The maximum atomic E-state index is 12.7. The number of aryl methyl sites for hydroxylation is 3. The molecule has 0 unspecified atom stereocenters. The van der Waals surface area contributed by atoms with Crippen LogP contribution in [0.4, 0.5) is 5.69 Å². The number of phenols is 1. The van der Waals surface area contributed by atoms with Crippen molar-refractivity contribution in [1.82, 2.24) is 19.5 Å².